The third kappa shape index (κ3) is 2.67. The maximum atomic E-state index is 13.6. The van der Waals surface area contributed by atoms with Crippen molar-refractivity contribution >= 4 is 5.69 Å². The van der Waals surface area contributed by atoms with Crippen molar-refractivity contribution in [2.75, 3.05) is 11.9 Å². The van der Waals surface area contributed by atoms with Crippen molar-refractivity contribution in [2.45, 2.75) is 25.7 Å². The molecule has 0 unspecified atom stereocenters. The van der Waals surface area contributed by atoms with Gasteiger partial charge in [-0.1, -0.05) is 18.2 Å². The molecule has 0 saturated carbocycles. The van der Waals surface area contributed by atoms with E-state index in [4.69, 9.17) is 0 Å². The molecule has 0 aliphatic carbocycles. The van der Waals surface area contributed by atoms with Gasteiger partial charge >= 0.3 is 0 Å². The number of nitrogens with one attached hydrogen (secondary N) is 1. The van der Waals surface area contributed by atoms with Crippen LogP contribution in [-0.2, 0) is 19.3 Å². The van der Waals surface area contributed by atoms with E-state index in [1.807, 2.05) is 6.07 Å². The highest BCUT2D eigenvalue weighted by Gasteiger charge is 2.11. The van der Waals surface area contributed by atoms with Crippen LogP contribution in [0.1, 0.15) is 23.1 Å². The Bertz CT molecular complexity index is 602. The van der Waals surface area contributed by atoms with E-state index in [9.17, 15) is 8.78 Å². The monoisotopic (exact) mass is 273 g/mol. The molecular formula is C17H17F2N. The Balaban J connectivity index is 1.75. The van der Waals surface area contributed by atoms with Crippen molar-refractivity contribution in [3.63, 3.8) is 0 Å². The van der Waals surface area contributed by atoms with Gasteiger partial charge in [0.2, 0.25) is 0 Å². The van der Waals surface area contributed by atoms with Crippen molar-refractivity contribution in [3.8, 4) is 0 Å². The Morgan fingerprint density at radius 1 is 1.00 bits per heavy atom. The first-order valence-electron chi connectivity index (χ1n) is 7.02. The normalized spacial score (nSPS) is 13.7. The highest BCUT2D eigenvalue weighted by atomic mass is 19.1. The van der Waals surface area contributed by atoms with E-state index in [0.717, 1.165) is 24.9 Å². The first kappa shape index (κ1) is 13.1. The van der Waals surface area contributed by atoms with Crippen LogP contribution >= 0.6 is 0 Å². The molecule has 1 nitrogen and oxygen atoms in total. The number of rotatable bonds is 3. The van der Waals surface area contributed by atoms with Crippen LogP contribution in [0.3, 0.4) is 0 Å². The van der Waals surface area contributed by atoms with Gasteiger partial charge in [-0.25, -0.2) is 8.78 Å². The molecule has 3 heteroatoms. The molecule has 20 heavy (non-hydrogen) atoms. The number of aryl methyl sites for hydroxylation is 2. The van der Waals surface area contributed by atoms with E-state index in [1.165, 1.54) is 29.4 Å². The first-order chi connectivity index (χ1) is 9.74. The summed E-state index contributed by atoms with van der Waals surface area (Å²) in [7, 11) is 0. The van der Waals surface area contributed by atoms with Crippen LogP contribution in [0.4, 0.5) is 14.5 Å². The van der Waals surface area contributed by atoms with E-state index in [-0.39, 0.29) is 5.56 Å². The lowest BCUT2D eigenvalue weighted by Crippen LogP contribution is -2.11. The molecule has 1 aliphatic rings. The Morgan fingerprint density at radius 2 is 1.80 bits per heavy atom. The van der Waals surface area contributed by atoms with Crippen LogP contribution < -0.4 is 5.32 Å². The zero-order valence-electron chi connectivity index (χ0n) is 11.3. The van der Waals surface area contributed by atoms with Crippen LogP contribution in [0.25, 0.3) is 0 Å². The zero-order chi connectivity index (χ0) is 13.9. The van der Waals surface area contributed by atoms with Crippen LogP contribution in [0.15, 0.2) is 36.4 Å². The van der Waals surface area contributed by atoms with Crippen molar-refractivity contribution in [1.29, 1.82) is 0 Å². The second-order valence-electron chi connectivity index (χ2n) is 5.22. The molecule has 3 rings (SSSR count). The molecule has 0 spiro atoms. The van der Waals surface area contributed by atoms with Crippen molar-refractivity contribution in [1.82, 2.24) is 0 Å². The average Bonchev–Trinajstić information content (AvgIpc) is 2.46. The summed E-state index contributed by atoms with van der Waals surface area (Å²) in [5, 5.41) is 3.36. The standard InChI is InChI=1S/C17H17F2N/c18-15-4-1-5-16(19)14(15)8-6-12-7-9-17-13(11-12)3-2-10-20-17/h1,4-5,7,9,11,20H,2-3,6,8,10H2. The summed E-state index contributed by atoms with van der Waals surface area (Å²) in [6, 6.07) is 10.3. The molecule has 0 amide bonds. The maximum Gasteiger partial charge on any atom is 0.129 e. The molecule has 2 aromatic rings. The fourth-order valence-corrected chi connectivity index (χ4v) is 2.72. The number of benzene rings is 2. The minimum Gasteiger partial charge on any atom is -0.385 e. The summed E-state index contributed by atoms with van der Waals surface area (Å²) in [4.78, 5) is 0. The first-order valence-corrected chi connectivity index (χ1v) is 7.02. The third-order valence-electron chi connectivity index (χ3n) is 3.83. The van der Waals surface area contributed by atoms with Gasteiger partial charge in [-0.2, -0.15) is 0 Å². The fraction of sp³-hybridized carbons (Fsp3) is 0.294. The molecule has 2 aromatic carbocycles. The molecule has 0 bridgehead atoms. The summed E-state index contributed by atoms with van der Waals surface area (Å²) in [6.45, 7) is 1.02. The average molecular weight is 273 g/mol. The number of halogens is 2. The SMILES string of the molecule is Fc1cccc(F)c1CCc1ccc2c(c1)CCCN2. The summed E-state index contributed by atoms with van der Waals surface area (Å²) in [5.74, 6) is -0.908. The van der Waals surface area contributed by atoms with E-state index in [2.05, 4.69) is 17.4 Å². The van der Waals surface area contributed by atoms with E-state index in [1.54, 1.807) is 0 Å². The van der Waals surface area contributed by atoms with E-state index >= 15 is 0 Å². The zero-order valence-corrected chi connectivity index (χ0v) is 11.3. The maximum absolute atomic E-state index is 13.6. The molecule has 0 saturated heterocycles. The topological polar surface area (TPSA) is 12.0 Å². The van der Waals surface area contributed by atoms with Gasteiger partial charge in [-0.3, -0.25) is 0 Å². The van der Waals surface area contributed by atoms with Gasteiger partial charge in [0.25, 0.3) is 0 Å². The van der Waals surface area contributed by atoms with Crippen LogP contribution in [0.2, 0.25) is 0 Å². The lowest BCUT2D eigenvalue weighted by atomic mass is 9.97. The number of fused-ring (bicyclic) bond motifs is 1. The van der Waals surface area contributed by atoms with Crippen LogP contribution in [0.5, 0.6) is 0 Å². The predicted molar refractivity (Wildman–Crippen MR) is 77.0 cm³/mol. The Hall–Kier alpha value is -1.90. The van der Waals surface area contributed by atoms with Crippen LogP contribution in [0, 0.1) is 11.6 Å². The molecule has 0 aromatic heterocycles. The van der Waals surface area contributed by atoms with Crippen molar-refractivity contribution < 1.29 is 8.78 Å². The molecule has 0 fully saturated rings. The number of hydrogen-bond donors (Lipinski definition) is 1. The highest BCUT2D eigenvalue weighted by Crippen LogP contribution is 2.24. The van der Waals surface area contributed by atoms with Gasteiger partial charge in [-0.05, 0) is 55.0 Å². The van der Waals surface area contributed by atoms with Crippen molar-refractivity contribution in [2.24, 2.45) is 0 Å². The van der Waals surface area contributed by atoms with Gasteiger partial charge in [0, 0.05) is 17.8 Å². The molecule has 1 aliphatic heterocycles. The Morgan fingerprint density at radius 3 is 2.60 bits per heavy atom. The lowest BCUT2D eigenvalue weighted by molar-refractivity contribution is 0.554. The smallest absolute Gasteiger partial charge is 0.129 e. The Labute approximate surface area is 117 Å². The van der Waals surface area contributed by atoms with Gasteiger partial charge in [0.15, 0.2) is 0 Å². The summed E-state index contributed by atoms with van der Waals surface area (Å²) in [5.41, 5.74) is 3.82. The summed E-state index contributed by atoms with van der Waals surface area (Å²) in [6.07, 6.45) is 3.26. The molecule has 104 valence electrons. The largest absolute Gasteiger partial charge is 0.385 e. The minimum absolute atomic E-state index is 0.184. The molecule has 1 N–H and O–H groups in total. The fourth-order valence-electron chi connectivity index (χ4n) is 2.72. The second kappa shape index (κ2) is 5.61. The van der Waals surface area contributed by atoms with E-state index < -0.39 is 11.6 Å². The highest BCUT2D eigenvalue weighted by molar-refractivity contribution is 5.54. The minimum atomic E-state index is -0.454. The molecular weight excluding hydrogens is 256 g/mol. The Kier molecular flexibility index (Phi) is 3.68. The van der Waals surface area contributed by atoms with Gasteiger partial charge in [0.1, 0.15) is 11.6 Å². The summed E-state index contributed by atoms with van der Waals surface area (Å²) >= 11 is 0. The molecule has 1 heterocycles. The van der Waals surface area contributed by atoms with Crippen LogP contribution in [-0.4, -0.2) is 6.54 Å². The molecule has 0 radical (unpaired) electrons. The van der Waals surface area contributed by atoms with Gasteiger partial charge in [-0.15, -0.1) is 0 Å². The number of hydrogen-bond acceptors (Lipinski definition) is 1. The second-order valence-corrected chi connectivity index (χ2v) is 5.22. The predicted octanol–water partition coefficient (Wildman–Crippen LogP) is 4.11. The number of anilines is 1. The van der Waals surface area contributed by atoms with E-state index in [0.29, 0.717) is 12.8 Å². The van der Waals surface area contributed by atoms with Crippen molar-refractivity contribution in [3.05, 3.63) is 64.7 Å². The van der Waals surface area contributed by atoms with Gasteiger partial charge < -0.3 is 5.32 Å². The third-order valence-corrected chi connectivity index (χ3v) is 3.83. The van der Waals surface area contributed by atoms with Gasteiger partial charge in [0.05, 0.1) is 0 Å². The quantitative estimate of drug-likeness (QED) is 0.887. The molecule has 0 atom stereocenters. The summed E-state index contributed by atoms with van der Waals surface area (Å²) < 4.78 is 27.2. The lowest BCUT2D eigenvalue weighted by Gasteiger charge is -2.18.